The smallest absolute Gasteiger partial charge is 0.226 e. The van der Waals surface area contributed by atoms with Gasteiger partial charge >= 0.3 is 0 Å². The standard InChI is InChI=1S/C10H13N3O2/c1-7(10(11)15)6-9(14)13-8-4-2-3-5-12-8/h2-5,7H,6H2,1H3,(H2,11,15)(H,12,13,14). The monoisotopic (exact) mass is 207 g/mol. The molecule has 5 nitrogen and oxygen atoms in total. The third-order valence-corrected chi connectivity index (χ3v) is 1.91. The molecular formula is C10H13N3O2. The predicted octanol–water partition coefficient (Wildman–Crippen LogP) is 0.532. The third kappa shape index (κ3) is 3.76. The number of carbonyl (C=O) groups excluding carboxylic acids is 2. The van der Waals surface area contributed by atoms with Gasteiger partial charge in [0.1, 0.15) is 5.82 Å². The Balaban J connectivity index is 2.47. The van der Waals surface area contributed by atoms with Gasteiger partial charge in [0.25, 0.3) is 0 Å². The Kier molecular flexibility index (Phi) is 3.79. The Labute approximate surface area is 87.7 Å². The highest BCUT2D eigenvalue weighted by molar-refractivity contribution is 5.92. The average Bonchev–Trinajstić information content (AvgIpc) is 2.18. The highest BCUT2D eigenvalue weighted by Crippen LogP contribution is 2.05. The molecule has 0 spiro atoms. The van der Waals surface area contributed by atoms with Crippen molar-refractivity contribution in [3.63, 3.8) is 0 Å². The summed E-state index contributed by atoms with van der Waals surface area (Å²) in [5.74, 6) is -0.737. The number of rotatable bonds is 4. The average molecular weight is 207 g/mol. The van der Waals surface area contributed by atoms with E-state index in [1.807, 2.05) is 0 Å². The van der Waals surface area contributed by atoms with E-state index in [-0.39, 0.29) is 12.3 Å². The van der Waals surface area contributed by atoms with E-state index in [1.165, 1.54) is 0 Å². The number of hydrogen-bond donors (Lipinski definition) is 2. The minimum atomic E-state index is -0.480. The van der Waals surface area contributed by atoms with Crippen LogP contribution in [0.15, 0.2) is 24.4 Å². The molecule has 0 fully saturated rings. The molecule has 1 aromatic rings. The van der Waals surface area contributed by atoms with Gasteiger partial charge in [0, 0.05) is 18.5 Å². The van der Waals surface area contributed by atoms with Gasteiger partial charge in [0.2, 0.25) is 11.8 Å². The van der Waals surface area contributed by atoms with Crippen LogP contribution in [0.4, 0.5) is 5.82 Å². The summed E-state index contributed by atoms with van der Waals surface area (Å²) in [6.45, 7) is 1.61. The fraction of sp³-hybridized carbons (Fsp3) is 0.300. The van der Waals surface area contributed by atoms with Gasteiger partial charge in [-0.15, -0.1) is 0 Å². The third-order valence-electron chi connectivity index (χ3n) is 1.91. The van der Waals surface area contributed by atoms with E-state index in [2.05, 4.69) is 10.3 Å². The highest BCUT2D eigenvalue weighted by atomic mass is 16.2. The first-order valence-electron chi connectivity index (χ1n) is 4.60. The van der Waals surface area contributed by atoms with Crippen LogP contribution in [0.2, 0.25) is 0 Å². The fourth-order valence-electron chi connectivity index (χ4n) is 1.01. The van der Waals surface area contributed by atoms with Gasteiger partial charge in [-0.3, -0.25) is 9.59 Å². The molecule has 0 aliphatic carbocycles. The minimum Gasteiger partial charge on any atom is -0.369 e. The Morgan fingerprint density at radius 3 is 2.80 bits per heavy atom. The molecule has 15 heavy (non-hydrogen) atoms. The van der Waals surface area contributed by atoms with Crippen molar-refractivity contribution in [2.45, 2.75) is 13.3 Å². The van der Waals surface area contributed by atoms with Crippen molar-refractivity contribution in [2.75, 3.05) is 5.32 Å². The number of nitrogens with zero attached hydrogens (tertiary/aromatic N) is 1. The summed E-state index contributed by atoms with van der Waals surface area (Å²) < 4.78 is 0. The molecule has 3 N–H and O–H groups in total. The second-order valence-electron chi connectivity index (χ2n) is 3.27. The van der Waals surface area contributed by atoms with Crippen LogP contribution in [0.1, 0.15) is 13.3 Å². The number of nitrogens with two attached hydrogens (primary N) is 1. The van der Waals surface area contributed by atoms with E-state index in [0.717, 1.165) is 0 Å². The van der Waals surface area contributed by atoms with E-state index in [1.54, 1.807) is 31.3 Å². The van der Waals surface area contributed by atoms with E-state index in [9.17, 15) is 9.59 Å². The number of amides is 2. The van der Waals surface area contributed by atoms with Gasteiger partial charge in [-0.2, -0.15) is 0 Å². The van der Waals surface area contributed by atoms with Gasteiger partial charge in [-0.05, 0) is 12.1 Å². The van der Waals surface area contributed by atoms with Crippen LogP contribution in [0, 0.1) is 5.92 Å². The lowest BCUT2D eigenvalue weighted by molar-refractivity contribution is -0.125. The summed E-state index contributed by atoms with van der Waals surface area (Å²) in [6, 6.07) is 5.19. The molecule has 5 heteroatoms. The number of carbonyl (C=O) groups is 2. The van der Waals surface area contributed by atoms with E-state index < -0.39 is 11.8 Å². The summed E-state index contributed by atoms with van der Waals surface area (Å²) in [5, 5.41) is 2.57. The van der Waals surface area contributed by atoms with Crippen molar-refractivity contribution >= 4 is 17.6 Å². The molecule has 1 atom stereocenters. The fourth-order valence-corrected chi connectivity index (χ4v) is 1.01. The molecule has 0 saturated carbocycles. The molecule has 0 aliphatic heterocycles. The molecule has 0 aromatic carbocycles. The minimum absolute atomic E-state index is 0.0753. The van der Waals surface area contributed by atoms with Crippen LogP contribution in [0.25, 0.3) is 0 Å². The zero-order chi connectivity index (χ0) is 11.3. The van der Waals surface area contributed by atoms with Crippen LogP contribution in [-0.2, 0) is 9.59 Å². The van der Waals surface area contributed by atoms with E-state index >= 15 is 0 Å². The number of pyridine rings is 1. The first-order valence-corrected chi connectivity index (χ1v) is 4.60. The second-order valence-corrected chi connectivity index (χ2v) is 3.27. The van der Waals surface area contributed by atoms with E-state index in [0.29, 0.717) is 5.82 Å². The summed E-state index contributed by atoms with van der Waals surface area (Å²) in [7, 11) is 0. The Morgan fingerprint density at radius 1 is 1.53 bits per heavy atom. The molecule has 0 bridgehead atoms. The van der Waals surface area contributed by atoms with Crippen LogP contribution < -0.4 is 11.1 Å². The summed E-state index contributed by atoms with van der Waals surface area (Å²) in [5.41, 5.74) is 5.04. The van der Waals surface area contributed by atoms with Gasteiger partial charge in [0.15, 0.2) is 0 Å². The lowest BCUT2D eigenvalue weighted by Crippen LogP contribution is -2.25. The normalized spacial score (nSPS) is 11.8. The highest BCUT2D eigenvalue weighted by Gasteiger charge is 2.13. The number of aromatic nitrogens is 1. The number of primary amides is 1. The summed E-state index contributed by atoms with van der Waals surface area (Å²) in [4.78, 5) is 26.0. The largest absolute Gasteiger partial charge is 0.369 e. The van der Waals surface area contributed by atoms with Crippen LogP contribution in [0.3, 0.4) is 0 Å². The molecule has 1 rings (SSSR count). The zero-order valence-electron chi connectivity index (χ0n) is 8.43. The Hall–Kier alpha value is -1.91. The van der Waals surface area contributed by atoms with Crippen LogP contribution >= 0.6 is 0 Å². The van der Waals surface area contributed by atoms with Crippen molar-refractivity contribution in [1.82, 2.24) is 4.98 Å². The van der Waals surface area contributed by atoms with Crippen molar-refractivity contribution < 1.29 is 9.59 Å². The van der Waals surface area contributed by atoms with E-state index in [4.69, 9.17) is 5.73 Å². The molecule has 80 valence electrons. The van der Waals surface area contributed by atoms with Gasteiger partial charge in [0.05, 0.1) is 0 Å². The number of nitrogens with one attached hydrogen (secondary N) is 1. The molecule has 0 aliphatic rings. The maximum Gasteiger partial charge on any atom is 0.226 e. The van der Waals surface area contributed by atoms with Crippen molar-refractivity contribution in [2.24, 2.45) is 11.7 Å². The lowest BCUT2D eigenvalue weighted by atomic mass is 10.1. The quantitative estimate of drug-likeness (QED) is 0.755. The molecule has 1 heterocycles. The van der Waals surface area contributed by atoms with Crippen LogP contribution in [0.5, 0.6) is 0 Å². The van der Waals surface area contributed by atoms with Crippen molar-refractivity contribution in [1.29, 1.82) is 0 Å². The Bertz CT molecular complexity index is 351. The zero-order valence-corrected chi connectivity index (χ0v) is 8.43. The maximum absolute atomic E-state index is 11.4. The molecule has 0 saturated heterocycles. The first-order chi connectivity index (χ1) is 7.09. The summed E-state index contributed by atoms with van der Waals surface area (Å²) >= 11 is 0. The Morgan fingerprint density at radius 2 is 2.27 bits per heavy atom. The SMILES string of the molecule is CC(CC(=O)Nc1ccccn1)C(N)=O. The topological polar surface area (TPSA) is 85.1 Å². The molecule has 2 amide bonds. The number of hydrogen-bond acceptors (Lipinski definition) is 3. The molecule has 1 aromatic heterocycles. The van der Waals surface area contributed by atoms with Gasteiger partial charge < -0.3 is 11.1 Å². The molecular weight excluding hydrogens is 194 g/mol. The van der Waals surface area contributed by atoms with Gasteiger partial charge in [-0.1, -0.05) is 13.0 Å². The second kappa shape index (κ2) is 5.09. The first kappa shape index (κ1) is 11.2. The van der Waals surface area contributed by atoms with Crippen molar-refractivity contribution in [3.05, 3.63) is 24.4 Å². The molecule has 1 unspecified atom stereocenters. The van der Waals surface area contributed by atoms with Gasteiger partial charge in [-0.25, -0.2) is 4.98 Å². The van der Waals surface area contributed by atoms with Crippen LogP contribution in [-0.4, -0.2) is 16.8 Å². The van der Waals surface area contributed by atoms with Crippen molar-refractivity contribution in [3.8, 4) is 0 Å². The molecule has 0 radical (unpaired) electrons. The predicted molar refractivity (Wildman–Crippen MR) is 55.8 cm³/mol. The lowest BCUT2D eigenvalue weighted by Gasteiger charge is -2.07. The number of anilines is 1. The maximum atomic E-state index is 11.4. The summed E-state index contributed by atoms with van der Waals surface area (Å²) in [6.07, 6.45) is 1.65.